The molecule has 1 N–H and O–H groups in total. The van der Waals surface area contributed by atoms with Crippen molar-refractivity contribution in [2.24, 2.45) is 0 Å². The van der Waals surface area contributed by atoms with Crippen LogP contribution < -0.4 is 4.90 Å². The summed E-state index contributed by atoms with van der Waals surface area (Å²) in [5.41, 5.74) is 0.0699. The fourth-order valence-electron chi connectivity index (χ4n) is 3.56. The summed E-state index contributed by atoms with van der Waals surface area (Å²) in [6.07, 6.45) is 3.24. The van der Waals surface area contributed by atoms with Gasteiger partial charge in [-0.05, 0) is 49.3 Å². The quantitative estimate of drug-likeness (QED) is 0.922. The van der Waals surface area contributed by atoms with Crippen molar-refractivity contribution < 1.29 is 9.90 Å². The summed E-state index contributed by atoms with van der Waals surface area (Å²) in [4.78, 5) is 17.0. The first-order valence-electron chi connectivity index (χ1n) is 8.47. The molecule has 1 unspecified atom stereocenters. The van der Waals surface area contributed by atoms with Crippen LogP contribution in [0.5, 0.6) is 0 Å². The number of nitrogens with zero attached hydrogens (tertiary/aromatic N) is 2. The minimum Gasteiger partial charge on any atom is -0.380 e. The van der Waals surface area contributed by atoms with E-state index in [1.54, 1.807) is 0 Å². The monoisotopic (exact) mass is 334 g/mol. The molecule has 0 aromatic heterocycles. The summed E-state index contributed by atoms with van der Waals surface area (Å²) < 4.78 is 0. The topological polar surface area (TPSA) is 43.8 Å². The molecule has 3 rings (SSSR count). The second-order valence-electron chi connectivity index (χ2n) is 6.64. The Kier molecular flexibility index (Phi) is 5.17. The highest BCUT2D eigenvalue weighted by molar-refractivity contribution is 7.99. The second-order valence-corrected chi connectivity index (χ2v) is 7.86. The number of anilines is 1. The van der Waals surface area contributed by atoms with Gasteiger partial charge in [0.15, 0.2) is 0 Å². The number of likely N-dealkylation sites (N-methyl/N-ethyl adjacent to an activating group) is 1. The van der Waals surface area contributed by atoms with Crippen LogP contribution in [-0.2, 0) is 4.79 Å². The van der Waals surface area contributed by atoms with Crippen molar-refractivity contribution in [3.05, 3.63) is 30.3 Å². The lowest BCUT2D eigenvalue weighted by Crippen LogP contribution is -2.56. The average molecular weight is 334 g/mol. The molecule has 0 spiro atoms. The standard InChI is InChI=1S/C18H26N2O2S/c1-19(17(21)18(22)9-12-23-13-10-18)16-8-5-11-20(14-16)15-6-3-2-4-7-15/h2-4,6-7,16,22H,5,8-14H2,1H3. The number of benzene rings is 1. The van der Waals surface area contributed by atoms with Gasteiger partial charge in [-0.25, -0.2) is 0 Å². The molecule has 2 fully saturated rings. The smallest absolute Gasteiger partial charge is 0.254 e. The zero-order chi connectivity index (χ0) is 16.3. The van der Waals surface area contributed by atoms with Crippen molar-refractivity contribution in [1.82, 2.24) is 4.90 Å². The molecule has 2 aliphatic heterocycles. The van der Waals surface area contributed by atoms with Crippen LogP contribution in [0.2, 0.25) is 0 Å². The van der Waals surface area contributed by atoms with E-state index in [1.165, 1.54) is 5.69 Å². The zero-order valence-electron chi connectivity index (χ0n) is 13.8. The number of hydrogen-bond acceptors (Lipinski definition) is 4. The highest BCUT2D eigenvalue weighted by atomic mass is 32.2. The van der Waals surface area contributed by atoms with Gasteiger partial charge in [0, 0.05) is 31.9 Å². The SMILES string of the molecule is CN(C(=O)C1(O)CCSCC1)C1CCCN(c2ccccc2)C1. The Labute approximate surface area is 142 Å². The first-order chi connectivity index (χ1) is 11.1. The normalized spacial score (nSPS) is 24.3. The Morgan fingerprint density at radius 2 is 2.00 bits per heavy atom. The number of aliphatic hydroxyl groups is 1. The number of hydrogen-bond donors (Lipinski definition) is 1. The lowest BCUT2D eigenvalue weighted by atomic mass is 9.93. The van der Waals surface area contributed by atoms with E-state index >= 15 is 0 Å². The highest BCUT2D eigenvalue weighted by Crippen LogP contribution is 2.30. The lowest BCUT2D eigenvalue weighted by Gasteiger charge is -2.42. The van der Waals surface area contributed by atoms with Crippen LogP contribution in [0.15, 0.2) is 30.3 Å². The number of carbonyl (C=O) groups excluding carboxylic acids is 1. The number of rotatable bonds is 3. The van der Waals surface area contributed by atoms with Crippen molar-refractivity contribution in [1.29, 1.82) is 0 Å². The zero-order valence-corrected chi connectivity index (χ0v) is 14.6. The molecule has 4 nitrogen and oxygen atoms in total. The molecule has 0 aliphatic carbocycles. The molecule has 2 saturated heterocycles. The van der Waals surface area contributed by atoms with E-state index in [0.717, 1.165) is 37.4 Å². The third-order valence-electron chi connectivity index (χ3n) is 5.10. The Morgan fingerprint density at radius 1 is 1.30 bits per heavy atom. The number of para-hydroxylation sites is 1. The van der Waals surface area contributed by atoms with Crippen molar-refractivity contribution in [2.45, 2.75) is 37.3 Å². The Balaban J connectivity index is 1.67. The van der Waals surface area contributed by atoms with Crippen LogP contribution in [0.3, 0.4) is 0 Å². The van der Waals surface area contributed by atoms with E-state index in [9.17, 15) is 9.90 Å². The van der Waals surface area contributed by atoms with E-state index < -0.39 is 5.60 Å². The Morgan fingerprint density at radius 3 is 2.70 bits per heavy atom. The maximum Gasteiger partial charge on any atom is 0.254 e. The van der Waals surface area contributed by atoms with Crippen LogP contribution >= 0.6 is 11.8 Å². The van der Waals surface area contributed by atoms with Gasteiger partial charge in [0.2, 0.25) is 0 Å². The van der Waals surface area contributed by atoms with Crippen molar-refractivity contribution in [2.75, 3.05) is 36.5 Å². The second kappa shape index (κ2) is 7.14. The number of carbonyl (C=O) groups is 1. The summed E-state index contributed by atoms with van der Waals surface area (Å²) in [7, 11) is 1.86. The molecule has 1 aromatic rings. The molecule has 0 radical (unpaired) electrons. The van der Waals surface area contributed by atoms with Crippen LogP contribution in [-0.4, -0.2) is 59.2 Å². The molecule has 0 bridgehead atoms. The maximum atomic E-state index is 12.8. The number of amides is 1. The van der Waals surface area contributed by atoms with Crippen molar-refractivity contribution in [3.8, 4) is 0 Å². The molecular weight excluding hydrogens is 308 g/mol. The molecule has 2 heterocycles. The van der Waals surface area contributed by atoms with Crippen LogP contribution in [0, 0.1) is 0 Å². The van der Waals surface area contributed by atoms with Gasteiger partial charge in [-0.2, -0.15) is 11.8 Å². The minimum absolute atomic E-state index is 0.0855. The number of piperidine rings is 1. The van der Waals surface area contributed by atoms with Crippen LogP contribution in [0.4, 0.5) is 5.69 Å². The Hall–Kier alpha value is -1.20. The van der Waals surface area contributed by atoms with Gasteiger partial charge in [-0.3, -0.25) is 4.79 Å². The third kappa shape index (κ3) is 3.66. The van der Waals surface area contributed by atoms with E-state index in [1.807, 2.05) is 29.8 Å². The van der Waals surface area contributed by atoms with E-state index in [0.29, 0.717) is 12.8 Å². The van der Waals surface area contributed by atoms with Gasteiger partial charge in [0.1, 0.15) is 5.60 Å². The minimum atomic E-state index is -1.14. The van der Waals surface area contributed by atoms with Gasteiger partial charge < -0.3 is 14.9 Å². The van der Waals surface area contributed by atoms with Gasteiger partial charge >= 0.3 is 0 Å². The molecule has 2 aliphatic rings. The predicted molar refractivity (Wildman–Crippen MR) is 96.0 cm³/mol. The van der Waals surface area contributed by atoms with Gasteiger partial charge in [-0.15, -0.1) is 0 Å². The molecule has 0 saturated carbocycles. The number of thioether (sulfide) groups is 1. The van der Waals surface area contributed by atoms with Crippen molar-refractivity contribution >= 4 is 23.4 Å². The molecule has 1 aromatic carbocycles. The molecule has 23 heavy (non-hydrogen) atoms. The highest BCUT2D eigenvalue weighted by Gasteiger charge is 2.41. The molecule has 1 atom stereocenters. The largest absolute Gasteiger partial charge is 0.380 e. The summed E-state index contributed by atoms with van der Waals surface area (Å²) in [5.74, 6) is 1.66. The van der Waals surface area contributed by atoms with Gasteiger partial charge in [0.05, 0.1) is 0 Å². The van der Waals surface area contributed by atoms with E-state index in [4.69, 9.17) is 0 Å². The maximum absolute atomic E-state index is 12.8. The van der Waals surface area contributed by atoms with Gasteiger partial charge in [-0.1, -0.05) is 18.2 Å². The molecular formula is C18H26N2O2S. The summed E-state index contributed by atoms with van der Waals surface area (Å²) >= 11 is 1.82. The first kappa shape index (κ1) is 16.7. The summed E-state index contributed by atoms with van der Waals surface area (Å²) in [6, 6.07) is 10.5. The van der Waals surface area contributed by atoms with Crippen molar-refractivity contribution in [3.63, 3.8) is 0 Å². The van der Waals surface area contributed by atoms with Crippen LogP contribution in [0.1, 0.15) is 25.7 Å². The summed E-state index contributed by atoms with van der Waals surface area (Å²) in [6.45, 7) is 1.88. The predicted octanol–water partition coefficient (Wildman–Crippen LogP) is 2.37. The third-order valence-corrected chi connectivity index (χ3v) is 6.09. The lowest BCUT2D eigenvalue weighted by molar-refractivity contribution is -0.153. The van der Waals surface area contributed by atoms with Gasteiger partial charge in [0.25, 0.3) is 5.91 Å². The van der Waals surface area contributed by atoms with E-state index in [-0.39, 0.29) is 11.9 Å². The van der Waals surface area contributed by atoms with Crippen LogP contribution in [0.25, 0.3) is 0 Å². The van der Waals surface area contributed by atoms with E-state index in [2.05, 4.69) is 29.2 Å². The summed E-state index contributed by atoms with van der Waals surface area (Å²) in [5, 5.41) is 10.7. The molecule has 5 heteroatoms. The average Bonchev–Trinajstić information content (AvgIpc) is 2.62. The Bertz CT molecular complexity index is 531. The molecule has 1 amide bonds. The fraction of sp³-hybridized carbons (Fsp3) is 0.611. The first-order valence-corrected chi connectivity index (χ1v) is 9.63. The molecule has 126 valence electrons. The fourth-order valence-corrected chi connectivity index (χ4v) is 4.73.